The number of hydrogen-bond acceptors (Lipinski definition) is 2. The van der Waals surface area contributed by atoms with Gasteiger partial charge in [0, 0.05) is 0 Å². The normalized spacial score (nSPS) is 46.5. The zero-order valence-electron chi connectivity index (χ0n) is 19.7. The Morgan fingerprint density at radius 3 is 2.48 bits per heavy atom. The maximum absolute atomic E-state index is 10.3. The molecule has 4 aliphatic carbocycles. The number of aliphatic hydroxyl groups excluding tert-OH is 2. The van der Waals surface area contributed by atoms with Crippen LogP contribution in [0, 0.1) is 46.3 Å². The van der Waals surface area contributed by atoms with Crippen molar-refractivity contribution in [3.8, 4) is 0 Å². The van der Waals surface area contributed by atoms with E-state index in [-0.39, 0.29) is 12.2 Å². The van der Waals surface area contributed by atoms with Gasteiger partial charge in [0.25, 0.3) is 0 Å². The molecule has 0 aromatic carbocycles. The van der Waals surface area contributed by atoms with Crippen LogP contribution >= 0.6 is 0 Å². The maximum atomic E-state index is 10.3. The Morgan fingerprint density at radius 1 is 1.00 bits per heavy atom. The molecular weight excluding hydrogens is 356 g/mol. The summed E-state index contributed by atoms with van der Waals surface area (Å²) < 4.78 is 0. The van der Waals surface area contributed by atoms with E-state index in [4.69, 9.17) is 0 Å². The van der Waals surface area contributed by atoms with Gasteiger partial charge in [0.15, 0.2) is 0 Å². The molecule has 166 valence electrons. The lowest BCUT2D eigenvalue weighted by molar-refractivity contribution is -0.0579. The Balaban J connectivity index is 1.49. The van der Waals surface area contributed by atoms with Crippen molar-refractivity contribution in [3.63, 3.8) is 0 Å². The van der Waals surface area contributed by atoms with Crippen molar-refractivity contribution in [2.45, 2.75) is 111 Å². The second-order valence-corrected chi connectivity index (χ2v) is 12.3. The molecule has 0 saturated heterocycles. The van der Waals surface area contributed by atoms with Gasteiger partial charge in [-0.3, -0.25) is 0 Å². The van der Waals surface area contributed by atoms with Crippen LogP contribution in [0.3, 0.4) is 0 Å². The number of rotatable bonds is 5. The van der Waals surface area contributed by atoms with Crippen molar-refractivity contribution < 1.29 is 10.2 Å². The van der Waals surface area contributed by atoms with Crippen molar-refractivity contribution in [1.82, 2.24) is 0 Å². The third-order valence-corrected chi connectivity index (χ3v) is 10.5. The lowest BCUT2D eigenvalue weighted by atomic mass is 9.47. The topological polar surface area (TPSA) is 40.5 Å². The van der Waals surface area contributed by atoms with E-state index < -0.39 is 0 Å². The highest BCUT2D eigenvalue weighted by atomic mass is 16.3. The zero-order chi connectivity index (χ0) is 21.0. The summed E-state index contributed by atoms with van der Waals surface area (Å²) in [5.74, 6) is 4.51. The van der Waals surface area contributed by atoms with Crippen molar-refractivity contribution in [2.75, 3.05) is 0 Å². The molecule has 0 bridgehead atoms. The van der Waals surface area contributed by atoms with Crippen LogP contribution in [0.5, 0.6) is 0 Å². The number of allylic oxidation sites excluding steroid dienone is 1. The third-order valence-electron chi connectivity index (χ3n) is 10.5. The first-order chi connectivity index (χ1) is 13.7. The lowest BCUT2D eigenvalue weighted by Crippen LogP contribution is -2.50. The van der Waals surface area contributed by atoms with E-state index in [2.05, 4.69) is 40.7 Å². The minimum absolute atomic E-state index is 0.0994. The molecule has 3 saturated carbocycles. The van der Waals surface area contributed by atoms with E-state index in [0.717, 1.165) is 48.9 Å². The highest BCUT2D eigenvalue weighted by Gasteiger charge is 2.59. The summed E-state index contributed by atoms with van der Waals surface area (Å²) in [5, 5.41) is 20.5. The molecule has 4 unspecified atom stereocenters. The molecule has 9 atom stereocenters. The summed E-state index contributed by atoms with van der Waals surface area (Å²) in [6.07, 6.45) is 14.4. The summed E-state index contributed by atoms with van der Waals surface area (Å²) in [5.41, 5.74) is 2.44. The summed E-state index contributed by atoms with van der Waals surface area (Å²) in [6.45, 7) is 11.9. The maximum Gasteiger partial charge on any atom is 0.0577 e. The van der Waals surface area contributed by atoms with Gasteiger partial charge < -0.3 is 10.2 Å². The minimum Gasteiger partial charge on any atom is -0.393 e. The second kappa shape index (κ2) is 7.97. The molecule has 2 heteroatoms. The SMILES string of the molecule is CC(CC[C@H](O)C(C)C)[C@H]1CCC2C3CC=C4C[C@@H](O)CC[C@]4(C)C3CC[C@@]21C. The van der Waals surface area contributed by atoms with Gasteiger partial charge in [0.1, 0.15) is 0 Å². The van der Waals surface area contributed by atoms with Crippen LogP contribution in [0.4, 0.5) is 0 Å². The van der Waals surface area contributed by atoms with Crippen molar-refractivity contribution >= 4 is 0 Å². The van der Waals surface area contributed by atoms with Gasteiger partial charge in [0.2, 0.25) is 0 Å². The van der Waals surface area contributed by atoms with Crippen molar-refractivity contribution in [3.05, 3.63) is 11.6 Å². The van der Waals surface area contributed by atoms with Crippen LogP contribution in [0.15, 0.2) is 11.6 Å². The predicted octanol–water partition coefficient (Wildman–Crippen LogP) is 6.36. The highest BCUT2D eigenvalue weighted by molar-refractivity contribution is 5.25. The number of hydrogen-bond donors (Lipinski definition) is 2. The molecular formula is C27H46O2. The van der Waals surface area contributed by atoms with E-state index in [1.54, 1.807) is 5.57 Å². The largest absolute Gasteiger partial charge is 0.393 e. The van der Waals surface area contributed by atoms with Crippen LogP contribution in [-0.2, 0) is 0 Å². The van der Waals surface area contributed by atoms with Crippen LogP contribution in [0.2, 0.25) is 0 Å². The Morgan fingerprint density at radius 2 is 1.76 bits per heavy atom. The molecule has 29 heavy (non-hydrogen) atoms. The molecule has 0 radical (unpaired) electrons. The number of fused-ring (bicyclic) bond motifs is 5. The molecule has 0 spiro atoms. The molecule has 0 aromatic heterocycles. The van der Waals surface area contributed by atoms with E-state index >= 15 is 0 Å². The van der Waals surface area contributed by atoms with E-state index in [0.29, 0.717) is 16.7 Å². The molecule has 0 aromatic rings. The predicted molar refractivity (Wildman–Crippen MR) is 120 cm³/mol. The summed E-state index contributed by atoms with van der Waals surface area (Å²) in [4.78, 5) is 0. The smallest absolute Gasteiger partial charge is 0.0577 e. The van der Waals surface area contributed by atoms with E-state index in [1.165, 1.54) is 44.9 Å². The fourth-order valence-electron chi connectivity index (χ4n) is 8.59. The molecule has 0 heterocycles. The van der Waals surface area contributed by atoms with Crippen LogP contribution in [-0.4, -0.2) is 22.4 Å². The monoisotopic (exact) mass is 402 g/mol. The zero-order valence-corrected chi connectivity index (χ0v) is 19.7. The Hall–Kier alpha value is -0.340. The molecule has 2 N–H and O–H groups in total. The highest BCUT2D eigenvalue weighted by Crippen LogP contribution is 2.67. The Labute approximate surface area is 179 Å². The molecule has 2 nitrogen and oxygen atoms in total. The van der Waals surface area contributed by atoms with Gasteiger partial charge in [-0.15, -0.1) is 0 Å². The summed E-state index contributed by atoms with van der Waals surface area (Å²) in [7, 11) is 0. The van der Waals surface area contributed by atoms with Gasteiger partial charge in [-0.1, -0.05) is 46.3 Å². The molecule has 3 fully saturated rings. The number of aliphatic hydroxyl groups is 2. The van der Waals surface area contributed by atoms with E-state index in [9.17, 15) is 10.2 Å². The van der Waals surface area contributed by atoms with Gasteiger partial charge in [-0.05, 0) is 111 Å². The molecule has 4 aliphatic rings. The second-order valence-electron chi connectivity index (χ2n) is 12.3. The Bertz CT molecular complexity index is 624. The van der Waals surface area contributed by atoms with Crippen LogP contribution in [0.1, 0.15) is 98.8 Å². The third kappa shape index (κ3) is 3.65. The van der Waals surface area contributed by atoms with Gasteiger partial charge in [0.05, 0.1) is 12.2 Å². The Kier molecular flexibility index (Phi) is 6.01. The van der Waals surface area contributed by atoms with Crippen molar-refractivity contribution in [2.24, 2.45) is 46.3 Å². The van der Waals surface area contributed by atoms with Gasteiger partial charge in [-0.2, -0.15) is 0 Å². The standard InChI is InChI=1S/C27H46O2/c1-17(2)25(29)11-6-18(3)22-9-10-23-21-8-7-19-16-20(28)12-14-26(19,4)24(21)13-15-27(22,23)5/h7,17-18,20-25,28-29H,6,8-16H2,1-5H3/t18?,20-,21?,22+,23?,24?,25-,26-,27+/m0/s1. The lowest BCUT2D eigenvalue weighted by Gasteiger charge is -2.58. The molecule has 0 aliphatic heterocycles. The average Bonchev–Trinajstić information content (AvgIpc) is 3.03. The quantitative estimate of drug-likeness (QED) is 0.525. The fraction of sp³-hybridized carbons (Fsp3) is 0.926. The van der Waals surface area contributed by atoms with Gasteiger partial charge in [-0.25, -0.2) is 0 Å². The first-order valence-corrected chi connectivity index (χ1v) is 12.7. The van der Waals surface area contributed by atoms with Crippen LogP contribution in [0.25, 0.3) is 0 Å². The molecule has 4 rings (SSSR count). The van der Waals surface area contributed by atoms with Crippen molar-refractivity contribution in [1.29, 1.82) is 0 Å². The first kappa shape index (κ1) is 21.9. The van der Waals surface area contributed by atoms with Crippen LogP contribution < -0.4 is 0 Å². The van der Waals surface area contributed by atoms with E-state index in [1.807, 2.05) is 0 Å². The minimum atomic E-state index is -0.137. The average molecular weight is 403 g/mol. The summed E-state index contributed by atoms with van der Waals surface area (Å²) in [6, 6.07) is 0. The fourth-order valence-corrected chi connectivity index (χ4v) is 8.59. The molecule has 0 amide bonds. The first-order valence-electron chi connectivity index (χ1n) is 12.7. The van der Waals surface area contributed by atoms with Gasteiger partial charge >= 0.3 is 0 Å². The summed E-state index contributed by atoms with van der Waals surface area (Å²) >= 11 is 0.